The van der Waals surface area contributed by atoms with E-state index in [1.807, 2.05) is 66.9 Å². The molecule has 5 heteroatoms. The Balaban J connectivity index is 1.54. The second-order valence-electron chi connectivity index (χ2n) is 7.69. The number of aromatic hydroxyl groups is 1. The van der Waals surface area contributed by atoms with E-state index in [4.69, 9.17) is 4.98 Å². The molecule has 0 atom stereocenters. The molecule has 5 nitrogen and oxygen atoms in total. The van der Waals surface area contributed by atoms with Crippen LogP contribution in [0.5, 0.6) is 5.75 Å². The van der Waals surface area contributed by atoms with E-state index in [-0.39, 0.29) is 5.75 Å². The first-order valence-electron chi connectivity index (χ1n) is 10.7. The van der Waals surface area contributed by atoms with Crippen molar-refractivity contribution >= 4 is 5.82 Å². The van der Waals surface area contributed by atoms with E-state index >= 15 is 0 Å². The SMILES string of the molecule is Oc1cccc(-c2cncc(-c3cc(NCc4ccccc4)nc(-c4ccccn4)c3)c2)c1. The predicted molar refractivity (Wildman–Crippen MR) is 132 cm³/mol. The fourth-order valence-electron chi connectivity index (χ4n) is 3.66. The van der Waals surface area contributed by atoms with Gasteiger partial charge in [-0.2, -0.15) is 0 Å². The fraction of sp³-hybridized carbons (Fsp3) is 0.0357. The van der Waals surface area contributed by atoms with Gasteiger partial charge in [0.2, 0.25) is 0 Å². The van der Waals surface area contributed by atoms with Crippen LogP contribution in [0.15, 0.2) is 110 Å². The van der Waals surface area contributed by atoms with Gasteiger partial charge in [-0.3, -0.25) is 9.97 Å². The van der Waals surface area contributed by atoms with E-state index in [0.717, 1.165) is 39.5 Å². The molecule has 0 saturated carbocycles. The molecular weight excluding hydrogens is 408 g/mol. The van der Waals surface area contributed by atoms with Crippen molar-refractivity contribution in [2.24, 2.45) is 0 Å². The molecule has 160 valence electrons. The highest BCUT2D eigenvalue weighted by Gasteiger charge is 2.10. The van der Waals surface area contributed by atoms with E-state index in [2.05, 4.69) is 33.5 Å². The third-order valence-corrected chi connectivity index (χ3v) is 5.32. The van der Waals surface area contributed by atoms with Gasteiger partial charge in [0.25, 0.3) is 0 Å². The van der Waals surface area contributed by atoms with Gasteiger partial charge in [0, 0.05) is 36.3 Å². The van der Waals surface area contributed by atoms with Gasteiger partial charge in [0.15, 0.2) is 0 Å². The summed E-state index contributed by atoms with van der Waals surface area (Å²) in [6.07, 6.45) is 5.41. The molecule has 0 aliphatic rings. The van der Waals surface area contributed by atoms with Gasteiger partial charge < -0.3 is 10.4 Å². The second kappa shape index (κ2) is 9.32. The van der Waals surface area contributed by atoms with E-state index in [1.165, 1.54) is 5.56 Å². The van der Waals surface area contributed by atoms with Gasteiger partial charge in [-0.1, -0.05) is 48.5 Å². The average molecular weight is 431 g/mol. The Bertz CT molecular complexity index is 1370. The monoisotopic (exact) mass is 430 g/mol. The van der Waals surface area contributed by atoms with Crippen molar-refractivity contribution in [3.63, 3.8) is 0 Å². The minimum Gasteiger partial charge on any atom is -0.508 e. The Morgan fingerprint density at radius 1 is 0.667 bits per heavy atom. The van der Waals surface area contributed by atoms with Gasteiger partial charge in [-0.05, 0) is 59.2 Å². The number of rotatable bonds is 6. The third kappa shape index (κ3) is 4.88. The van der Waals surface area contributed by atoms with Gasteiger partial charge in [-0.15, -0.1) is 0 Å². The molecule has 0 aliphatic heterocycles. The summed E-state index contributed by atoms with van der Waals surface area (Å²) in [5.41, 5.74) is 6.54. The van der Waals surface area contributed by atoms with Gasteiger partial charge >= 0.3 is 0 Å². The highest BCUT2D eigenvalue weighted by Crippen LogP contribution is 2.30. The lowest BCUT2D eigenvalue weighted by Crippen LogP contribution is -2.02. The minimum absolute atomic E-state index is 0.228. The van der Waals surface area contributed by atoms with Gasteiger partial charge in [0.1, 0.15) is 11.6 Å². The summed E-state index contributed by atoms with van der Waals surface area (Å²) in [6.45, 7) is 0.667. The van der Waals surface area contributed by atoms with Gasteiger partial charge in [-0.25, -0.2) is 4.98 Å². The first kappa shape index (κ1) is 20.4. The van der Waals surface area contributed by atoms with Crippen LogP contribution in [0.3, 0.4) is 0 Å². The molecule has 0 radical (unpaired) electrons. The van der Waals surface area contributed by atoms with Crippen molar-refractivity contribution in [3.05, 3.63) is 115 Å². The van der Waals surface area contributed by atoms with Crippen LogP contribution in [-0.2, 0) is 6.54 Å². The summed E-state index contributed by atoms with van der Waals surface area (Å²) < 4.78 is 0. The maximum Gasteiger partial charge on any atom is 0.127 e. The molecule has 33 heavy (non-hydrogen) atoms. The lowest BCUT2D eigenvalue weighted by molar-refractivity contribution is 0.475. The summed E-state index contributed by atoms with van der Waals surface area (Å²) in [5, 5.41) is 13.3. The number of hydrogen-bond donors (Lipinski definition) is 2. The first-order chi connectivity index (χ1) is 16.2. The van der Waals surface area contributed by atoms with E-state index < -0.39 is 0 Å². The molecule has 2 aromatic carbocycles. The molecule has 5 aromatic rings. The fourth-order valence-corrected chi connectivity index (χ4v) is 3.66. The van der Waals surface area contributed by atoms with Crippen LogP contribution in [0, 0.1) is 0 Å². The summed E-state index contributed by atoms with van der Waals surface area (Å²) in [4.78, 5) is 13.7. The number of pyridine rings is 3. The summed E-state index contributed by atoms with van der Waals surface area (Å²) in [5.74, 6) is 0.992. The summed E-state index contributed by atoms with van der Waals surface area (Å²) >= 11 is 0. The molecule has 0 saturated heterocycles. The van der Waals surface area contributed by atoms with Crippen LogP contribution < -0.4 is 5.32 Å². The number of aromatic nitrogens is 3. The second-order valence-corrected chi connectivity index (χ2v) is 7.69. The van der Waals surface area contributed by atoms with Crippen LogP contribution in [0.25, 0.3) is 33.6 Å². The number of benzene rings is 2. The predicted octanol–water partition coefficient (Wildman–Crippen LogP) is 6.19. The van der Waals surface area contributed by atoms with E-state index in [0.29, 0.717) is 6.54 Å². The maximum absolute atomic E-state index is 9.87. The molecule has 2 N–H and O–H groups in total. The number of nitrogens with one attached hydrogen (secondary N) is 1. The quantitative estimate of drug-likeness (QED) is 0.336. The zero-order valence-corrected chi connectivity index (χ0v) is 17.9. The topological polar surface area (TPSA) is 70.9 Å². The Morgan fingerprint density at radius 3 is 2.27 bits per heavy atom. The maximum atomic E-state index is 9.87. The lowest BCUT2D eigenvalue weighted by Gasteiger charge is -2.12. The van der Waals surface area contributed by atoms with Crippen LogP contribution in [0.4, 0.5) is 5.82 Å². The standard InChI is InChI=1S/C28H22N4O/c33-25-10-6-9-21(14-25)23-13-24(19-29-18-23)22-15-27(26-11-4-5-12-30-26)32-28(16-22)31-17-20-7-2-1-3-8-20/h1-16,18-19,33H,17H2,(H,31,32). The zero-order chi connectivity index (χ0) is 22.5. The Labute approximate surface area is 192 Å². The van der Waals surface area contributed by atoms with E-state index in [9.17, 15) is 5.11 Å². The highest BCUT2D eigenvalue weighted by atomic mass is 16.3. The van der Waals surface area contributed by atoms with Crippen molar-refractivity contribution in [2.75, 3.05) is 5.32 Å². The number of phenolic OH excluding ortho intramolecular Hbond substituents is 1. The van der Waals surface area contributed by atoms with Crippen molar-refractivity contribution in [1.29, 1.82) is 0 Å². The molecule has 0 unspecified atom stereocenters. The van der Waals surface area contributed by atoms with Crippen molar-refractivity contribution in [3.8, 4) is 39.4 Å². The van der Waals surface area contributed by atoms with Crippen molar-refractivity contribution in [1.82, 2.24) is 15.0 Å². The van der Waals surface area contributed by atoms with E-state index in [1.54, 1.807) is 24.5 Å². The van der Waals surface area contributed by atoms with Gasteiger partial charge in [0.05, 0.1) is 11.4 Å². The lowest BCUT2D eigenvalue weighted by atomic mass is 10.0. The molecule has 0 spiro atoms. The molecule has 0 amide bonds. The molecule has 0 fully saturated rings. The average Bonchev–Trinajstić information content (AvgIpc) is 2.88. The number of phenols is 1. The van der Waals surface area contributed by atoms with Crippen LogP contribution in [0.1, 0.15) is 5.56 Å². The third-order valence-electron chi connectivity index (χ3n) is 5.32. The Hall–Kier alpha value is -4.51. The number of anilines is 1. The Morgan fingerprint density at radius 2 is 1.48 bits per heavy atom. The van der Waals surface area contributed by atoms with Crippen LogP contribution in [0.2, 0.25) is 0 Å². The molecule has 5 rings (SSSR count). The zero-order valence-electron chi connectivity index (χ0n) is 17.9. The molecule has 3 aromatic heterocycles. The normalized spacial score (nSPS) is 10.7. The highest BCUT2D eigenvalue weighted by molar-refractivity contribution is 5.76. The minimum atomic E-state index is 0.228. The number of nitrogens with zero attached hydrogens (tertiary/aromatic N) is 3. The largest absolute Gasteiger partial charge is 0.508 e. The van der Waals surface area contributed by atoms with Crippen LogP contribution >= 0.6 is 0 Å². The first-order valence-corrected chi connectivity index (χ1v) is 10.7. The molecular formula is C28H22N4O. The molecule has 0 bridgehead atoms. The molecule has 0 aliphatic carbocycles. The smallest absolute Gasteiger partial charge is 0.127 e. The van der Waals surface area contributed by atoms with Crippen molar-refractivity contribution < 1.29 is 5.11 Å². The Kier molecular flexibility index (Phi) is 5.76. The summed E-state index contributed by atoms with van der Waals surface area (Å²) in [6, 6.07) is 29.3. The number of hydrogen-bond acceptors (Lipinski definition) is 5. The summed E-state index contributed by atoms with van der Waals surface area (Å²) in [7, 11) is 0. The van der Waals surface area contributed by atoms with Crippen molar-refractivity contribution in [2.45, 2.75) is 6.54 Å². The van der Waals surface area contributed by atoms with Crippen LogP contribution in [-0.4, -0.2) is 20.1 Å². The molecule has 3 heterocycles.